The number of benzene rings is 1. The molecule has 2 aliphatic heterocycles. The molecule has 3 rings (SSSR count). The van der Waals surface area contributed by atoms with E-state index in [1.807, 2.05) is 0 Å². The van der Waals surface area contributed by atoms with Gasteiger partial charge in [0.25, 0.3) is 5.69 Å². The fourth-order valence-electron chi connectivity index (χ4n) is 2.46. The standard InChI is InChI=1S/C16H19NO9/c1-21-12-3-10(16(22-2)14-7-24-14)11(17(19)20)4-13(12)25-8-15(18)26-6-9-5-23-9/h3-4,9,14,16H,5-8H2,1-2H3. The third-order valence-electron chi connectivity index (χ3n) is 3.94. The highest BCUT2D eigenvalue weighted by atomic mass is 16.6. The second-order valence-electron chi connectivity index (χ2n) is 5.77. The highest BCUT2D eigenvalue weighted by Gasteiger charge is 2.38. The molecule has 0 spiro atoms. The van der Waals surface area contributed by atoms with Crippen molar-refractivity contribution in [2.24, 2.45) is 0 Å². The molecule has 3 unspecified atom stereocenters. The number of carbonyl (C=O) groups excluding carboxylic acids is 1. The summed E-state index contributed by atoms with van der Waals surface area (Å²) in [5.41, 5.74) is 0.112. The molecule has 0 aromatic heterocycles. The van der Waals surface area contributed by atoms with Gasteiger partial charge in [-0.15, -0.1) is 0 Å². The van der Waals surface area contributed by atoms with Gasteiger partial charge in [0.2, 0.25) is 0 Å². The van der Waals surface area contributed by atoms with Gasteiger partial charge in [-0.3, -0.25) is 10.1 Å². The molecule has 0 aliphatic carbocycles. The van der Waals surface area contributed by atoms with E-state index >= 15 is 0 Å². The van der Waals surface area contributed by atoms with Crippen molar-refractivity contribution in [3.05, 3.63) is 27.8 Å². The normalized spacial score (nSPS) is 21.6. The number of carbonyl (C=O) groups is 1. The Hall–Kier alpha value is -2.43. The van der Waals surface area contributed by atoms with Crippen LogP contribution in [-0.2, 0) is 23.7 Å². The Morgan fingerprint density at radius 3 is 2.58 bits per heavy atom. The lowest BCUT2D eigenvalue weighted by Gasteiger charge is -2.17. The van der Waals surface area contributed by atoms with Gasteiger partial charge in [-0.1, -0.05) is 0 Å². The van der Waals surface area contributed by atoms with Crippen LogP contribution in [0.2, 0.25) is 0 Å². The van der Waals surface area contributed by atoms with Gasteiger partial charge in [-0.2, -0.15) is 0 Å². The quantitative estimate of drug-likeness (QED) is 0.257. The van der Waals surface area contributed by atoms with Gasteiger partial charge in [0.1, 0.15) is 24.9 Å². The maximum absolute atomic E-state index is 11.7. The highest BCUT2D eigenvalue weighted by molar-refractivity contribution is 5.71. The number of methoxy groups -OCH3 is 2. The van der Waals surface area contributed by atoms with Crippen molar-refractivity contribution < 1.29 is 38.1 Å². The van der Waals surface area contributed by atoms with Crippen LogP contribution in [0.1, 0.15) is 11.7 Å². The van der Waals surface area contributed by atoms with Crippen LogP contribution in [-0.4, -0.2) is 63.7 Å². The SMILES string of the molecule is COc1cc(C(OC)C2CO2)c([N+](=O)[O-])cc1OCC(=O)OCC1CO1. The molecule has 0 radical (unpaired) electrons. The molecule has 2 fully saturated rings. The van der Waals surface area contributed by atoms with E-state index in [0.717, 1.165) is 0 Å². The Kier molecular flexibility index (Phi) is 5.55. The maximum Gasteiger partial charge on any atom is 0.344 e. The molecule has 0 N–H and O–H groups in total. The molecule has 2 aliphatic rings. The minimum absolute atomic E-state index is 0.0514. The number of hydrogen-bond donors (Lipinski definition) is 0. The minimum atomic E-state index is -0.601. The molecule has 26 heavy (non-hydrogen) atoms. The first-order valence-electron chi connectivity index (χ1n) is 7.94. The summed E-state index contributed by atoms with van der Waals surface area (Å²) in [5, 5.41) is 11.5. The molecule has 0 bridgehead atoms. The summed E-state index contributed by atoms with van der Waals surface area (Å²) in [5.74, 6) is -0.295. The molecule has 3 atom stereocenters. The van der Waals surface area contributed by atoms with E-state index in [2.05, 4.69) is 0 Å². The smallest absolute Gasteiger partial charge is 0.344 e. The van der Waals surface area contributed by atoms with Gasteiger partial charge in [0.05, 0.1) is 36.9 Å². The van der Waals surface area contributed by atoms with E-state index in [9.17, 15) is 14.9 Å². The fraction of sp³-hybridized carbons (Fsp3) is 0.562. The van der Waals surface area contributed by atoms with E-state index in [0.29, 0.717) is 18.8 Å². The first kappa shape index (κ1) is 18.4. The zero-order chi connectivity index (χ0) is 18.7. The van der Waals surface area contributed by atoms with Crippen LogP contribution in [0.25, 0.3) is 0 Å². The van der Waals surface area contributed by atoms with Crippen LogP contribution < -0.4 is 9.47 Å². The lowest BCUT2D eigenvalue weighted by atomic mass is 10.0. The number of hydrogen-bond acceptors (Lipinski definition) is 9. The fourth-order valence-corrected chi connectivity index (χ4v) is 2.46. The zero-order valence-electron chi connectivity index (χ0n) is 14.3. The summed E-state index contributed by atoms with van der Waals surface area (Å²) in [6, 6.07) is 2.67. The lowest BCUT2D eigenvalue weighted by molar-refractivity contribution is -0.386. The van der Waals surface area contributed by atoms with Gasteiger partial charge < -0.3 is 28.4 Å². The summed E-state index contributed by atoms with van der Waals surface area (Å²) in [6.07, 6.45) is -0.888. The van der Waals surface area contributed by atoms with Crippen LogP contribution in [0.5, 0.6) is 11.5 Å². The minimum Gasteiger partial charge on any atom is -0.493 e. The molecule has 2 heterocycles. The van der Waals surface area contributed by atoms with Crippen molar-refractivity contribution in [3.8, 4) is 11.5 Å². The maximum atomic E-state index is 11.7. The van der Waals surface area contributed by atoms with E-state index in [-0.39, 0.29) is 36.0 Å². The molecule has 1 aromatic rings. The van der Waals surface area contributed by atoms with Crippen molar-refractivity contribution in [1.82, 2.24) is 0 Å². The lowest BCUT2D eigenvalue weighted by Crippen LogP contribution is -2.18. The van der Waals surface area contributed by atoms with Crippen LogP contribution in [0.15, 0.2) is 12.1 Å². The topological polar surface area (TPSA) is 122 Å². The average Bonchev–Trinajstić information content (AvgIpc) is 3.52. The molecule has 0 saturated carbocycles. The van der Waals surface area contributed by atoms with Crippen molar-refractivity contribution in [3.63, 3.8) is 0 Å². The molecule has 0 amide bonds. The molecule has 2 saturated heterocycles. The second-order valence-corrected chi connectivity index (χ2v) is 5.77. The summed E-state index contributed by atoms with van der Waals surface area (Å²) in [7, 11) is 2.85. The number of nitro benzene ring substituents is 1. The van der Waals surface area contributed by atoms with Gasteiger partial charge in [-0.05, 0) is 6.07 Å². The Bertz CT molecular complexity index is 685. The number of ether oxygens (including phenoxy) is 6. The summed E-state index contributed by atoms with van der Waals surface area (Å²) in [4.78, 5) is 22.6. The number of epoxide rings is 2. The van der Waals surface area contributed by atoms with E-state index in [4.69, 9.17) is 28.4 Å². The average molecular weight is 369 g/mol. The van der Waals surface area contributed by atoms with Crippen LogP contribution in [0, 0.1) is 10.1 Å². The summed E-state index contributed by atoms with van der Waals surface area (Å²) < 4.78 is 31.0. The predicted molar refractivity (Wildman–Crippen MR) is 85.3 cm³/mol. The largest absolute Gasteiger partial charge is 0.493 e. The van der Waals surface area contributed by atoms with Crippen molar-refractivity contribution >= 4 is 11.7 Å². The summed E-state index contributed by atoms with van der Waals surface area (Å²) in [6.45, 7) is 0.794. The molecule has 1 aromatic carbocycles. The van der Waals surface area contributed by atoms with Crippen LogP contribution in [0.3, 0.4) is 0 Å². The number of nitro groups is 1. The summed E-state index contributed by atoms with van der Waals surface area (Å²) >= 11 is 0. The van der Waals surface area contributed by atoms with Gasteiger partial charge in [0, 0.05) is 7.11 Å². The molecule has 10 heteroatoms. The third-order valence-corrected chi connectivity index (χ3v) is 3.94. The Balaban J connectivity index is 1.76. The van der Waals surface area contributed by atoms with Crippen LogP contribution >= 0.6 is 0 Å². The number of nitrogens with zero attached hydrogens (tertiary/aromatic N) is 1. The Morgan fingerprint density at radius 1 is 1.31 bits per heavy atom. The molecular weight excluding hydrogens is 350 g/mol. The zero-order valence-corrected chi connectivity index (χ0v) is 14.3. The van der Waals surface area contributed by atoms with E-state index < -0.39 is 23.6 Å². The Labute approximate surface area is 149 Å². The molecule has 10 nitrogen and oxygen atoms in total. The van der Waals surface area contributed by atoms with Gasteiger partial charge >= 0.3 is 5.97 Å². The second kappa shape index (κ2) is 7.85. The van der Waals surface area contributed by atoms with Crippen molar-refractivity contribution in [1.29, 1.82) is 0 Å². The molecule has 142 valence electrons. The van der Waals surface area contributed by atoms with E-state index in [1.54, 1.807) is 0 Å². The predicted octanol–water partition coefficient (Wildman–Crippen LogP) is 1.01. The first-order valence-corrected chi connectivity index (χ1v) is 7.94. The van der Waals surface area contributed by atoms with Crippen molar-refractivity contribution in [2.75, 3.05) is 40.6 Å². The van der Waals surface area contributed by atoms with Gasteiger partial charge in [0.15, 0.2) is 18.1 Å². The van der Waals surface area contributed by atoms with Gasteiger partial charge in [-0.25, -0.2) is 4.79 Å². The van der Waals surface area contributed by atoms with Crippen LogP contribution in [0.4, 0.5) is 5.69 Å². The number of rotatable bonds is 10. The highest BCUT2D eigenvalue weighted by Crippen LogP contribution is 2.42. The monoisotopic (exact) mass is 369 g/mol. The number of esters is 1. The van der Waals surface area contributed by atoms with Crippen molar-refractivity contribution in [2.45, 2.75) is 18.3 Å². The third kappa shape index (κ3) is 4.40. The molecular formula is C16H19NO9. The Morgan fingerprint density at radius 2 is 2.04 bits per heavy atom. The van der Waals surface area contributed by atoms with E-state index in [1.165, 1.54) is 26.4 Å². The first-order chi connectivity index (χ1) is 12.5.